The lowest BCUT2D eigenvalue weighted by molar-refractivity contribution is 0.0968. The number of nitrogens with zero attached hydrogens (tertiary/aromatic N) is 3. The summed E-state index contributed by atoms with van der Waals surface area (Å²) in [6.45, 7) is 4.19. The van der Waals surface area contributed by atoms with Crippen LogP contribution >= 0.6 is 0 Å². The van der Waals surface area contributed by atoms with Gasteiger partial charge in [0.2, 0.25) is 5.78 Å². The van der Waals surface area contributed by atoms with Gasteiger partial charge < -0.3 is 0 Å². The van der Waals surface area contributed by atoms with E-state index in [2.05, 4.69) is 23.8 Å². The van der Waals surface area contributed by atoms with Crippen LogP contribution in [0.15, 0.2) is 42.7 Å². The molecule has 0 bridgehead atoms. The summed E-state index contributed by atoms with van der Waals surface area (Å²) in [6, 6.07) is 11.2. The van der Waals surface area contributed by atoms with Crippen molar-refractivity contribution in [1.82, 2.24) is 9.97 Å². The van der Waals surface area contributed by atoms with Crippen molar-refractivity contribution in [2.75, 3.05) is 0 Å². The average Bonchev–Trinajstić information content (AvgIpc) is 2.49. The Hall–Kier alpha value is -2.54. The number of carbonyl (C=O) groups excluding carboxylic acids is 1. The minimum atomic E-state index is -0.862. The topological polar surface area (TPSA) is 66.6 Å². The van der Waals surface area contributed by atoms with Gasteiger partial charge in [0.05, 0.1) is 6.07 Å². The van der Waals surface area contributed by atoms with E-state index in [9.17, 15) is 10.1 Å². The molecule has 0 saturated heterocycles. The molecule has 1 atom stereocenters. The van der Waals surface area contributed by atoms with Gasteiger partial charge in [0.15, 0.2) is 5.82 Å². The highest BCUT2D eigenvalue weighted by atomic mass is 16.1. The molecule has 1 heterocycles. The summed E-state index contributed by atoms with van der Waals surface area (Å²) >= 11 is 0. The smallest absolute Gasteiger partial charge is 0.221 e. The molecule has 0 aliphatic carbocycles. The molecule has 1 aromatic carbocycles. The lowest BCUT2D eigenvalue weighted by atomic mass is 9.93. The van der Waals surface area contributed by atoms with Crippen LogP contribution in [0.3, 0.4) is 0 Å². The predicted molar refractivity (Wildman–Crippen MR) is 75.2 cm³/mol. The first kappa shape index (κ1) is 13.9. The molecule has 0 N–H and O–H groups in total. The van der Waals surface area contributed by atoms with Crippen molar-refractivity contribution in [2.24, 2.45) is 0 Å². The maximum atomic E-state index is 12.2. The Labute approximate surface area is 118 Å². The summed E-state index contributed by atoms with van der Waals surface area (Å²) in [5.74, 6) is -0.742. The van der Waals surface area contributed by atoms with Gasteiger partial charge in [-0.2, -0.15) is 5.26 Å². The molecule has 0 aliphatic rings. The molecule has 100 valence electrons. The lowest BCUT2D eigenvalue weighted by Crippen LogP contribution is -2.14. The third-order valence-corrected chi connectivity index (χ3v) is 3.11. The zero-order chi connectivity index (χ0) is 14.5. The fraction of sp³-hybridized carbons (Fsp3) is 0.250. The van der Waals surface area contributed by atoms with Gasteiger partial charge in [-0.15, -0.1) is 0 Å². The minimum absolute atomic E-state index is 0.0759. The normalized spacial score (nSPS) is 11.9. The highest BCUT2D eigenvalue weighted by Gasteiger charge is 2.23. The molecule has 1 unspecified atom stereocenters. The molecule has 1 aromatic heterocycles. The summed E-state index contributed by atoms with van der Waals surface area (Å²) < 4.78 is 0. The average molecular weight is 265 g/mol. The molecule has 0 saturated carbocycles. The fourth-order valence-electron chi connectivity index (χ4n) is 1.91. The largest absolute Gasteiger partial charge is 0.289 e. The summed E-state index contributed by atoms with van der Waals surface area (Å²) in [5, 5.41) is 9.26. The Bertz CT molecular complexity index is 627. The summed E-state index contributed by atoms with van der Waals surface area (Å²) in [5.41, 5.74) is 1.85. The van der Waals surface area contributed by atoms with E-state index in [1.165, 1.54) is 18.0 Å². The van der Waals surface area contributed by atoms with E-state index in [-0.39, 0.29) is 11.6 Å². The Morgan fingerprint density at radius 1 is 1.10 bits per heavy atom. The second kappa shape index (κ2) is 6.07. The first-order chi connectivity index (χ1) is 9.63. The summed E-state index contributed by atoms with van der Waals surface area (Å²) in [6.07, 6.45) is 2.99. The second-order valence-electron chi connectivity index (χ2n) is 4.82. The Morgan fingerprint density at radius 3 is 2.15 bits per heavy atom. The second-order valence-corrected chi connectivity index (χ2v) is 4.82. The van der Waals surface area contributed by atoms with E-state index in [0.29, 0.717) is 11.5 Å². The van der Waals surface area contributed by atoms with Crippen molar-refractivity contribution in [3.05, 3.63) is 59.7 Å². The van der Waals surface area contributed by atoms with Crippen molar-refractivity contribution >= 4 is 5.78 Å². The molecule has 0 aliphatic heterocycles. The molecule has 0 fully saturated rings. The van der Waals surface area contributed by atoms with E-state index in [1.807, 2.05) is 30.3 Å². The Balaban J connectivity index is 2.29. The third-order valence-electron chi connectivity index (χ3n) is 3.11. The van der Waals surface area contributed by atoms with Gasteiger partial charge >= 0.3 is 0 Å². The van der Waals surface area contributed by atoms with Crippen molar-refractivity contribution in [1.29, 1.82) is 5.26 Å². The molecule has 20 heavy (non-hydrogen) atoms. The number of nitriles is 1. The van der Waals surface area contributed by atoms with Crippen LogP contribution in [-0.2, 0) is 0 Å². The van der Waals surface area contributed by atoms with Crippen LogP contribution in [0, 0.1) is 11.3 Å². The maximum absolute atomic E-state index is 12.2. The van der Waals surface area contributed by atoms with Crippen LogP contribution in [-0.4, -0.2) is 15.8 Å². The van der Waals surface area contributed by atoms with Gasteiger partial charge in [-0.25, -0.2) is 9.97 Å². The lowest BCUT2D eigenvalue weighted by Gasteiger charge is -2.10. The molecule has 2 rings (SSSR count). The van der Waals surface area contributed by atoms with E-state index < -0.39 is 5.92 Å². The van der Waals surface area contributed by atoms with Crippen molar-refractivity contribution in [3.63, 3.8) is 0 Å². The molecule has 4 heteroatoms. The van der Waals surface area contributed by atoms with Crippen LogP contribution in [0.5, 0.6) is 0 Å². The van der Waals surface area contributed by atoms with Gasteiger partial charge in [0, 0.05) is 12.4 Å². The Kier molecular flexibility index (Phi) is 4.21. The standard InChI is InChI=1S/C16H15N3O/c1-11(2)12-4-6-13(7-5-12)14(10-17)15(20)16-18-8-3-9-19-16/h3-9,11,14H,1-2H3. The third kappa shape index (κ3) is 2.89. The number of benzene rings is 1. The van der Waals surface area contributed by atoms with Crippen molar-refractivity contribution in [2.45, 2.75) is 25.7 Å². The van der Waals surface area contributed by atoms with E-state index in [0.717, 1.165) is 0 Å². The maximum Gasteiger partial charge on any atom is 0.221 e. The number of rotatable bonds is 4. The molecule has 0 radical (unpaired) electrons. The van der Waals surface area contributed by atoms with Gasteiger partial charge in [0.25, 0.3) is 0 Å². The van der Waals surface area contributed by atoms with Crippen LogP contribution in [0.25, 0.3) is 0 Å². The highest BCUT2D eigenvalue weighted by molar-refractivity contribution is 5.99. The number of carbonyl (C=O) groups is 1. The zero-order valence-corrected chi connectivity index (χ0v) is 11.4. The van der Waals surface area contributed by atoms with Gasteiger partial charge in [-0.3, -0.25) is 4.79 Å². The number of aromatic nitrogens is 2. The highest BCUT2D eigenvalue weighted by Crippen LogP contribution is 2.22. The number of Topliss-reactive ketones (excluding diaryl/α,β-unsaturated/α-hetero) is 1. The first-order valence-corrected chi connectivity index (χ1v) is 6.44. The zero-order valence-electron chi connectivity index (χ0n) is 11.4. The monoisotopic (exact) mass is 265 g/mol. The predicted octanol–water partition coefficient (Wildman–Crippen LogP) is 3.09. The quantitative estimate of drug-likeness (QED) is 0.797. The molecule has 2 aromatic rings. The fourth-order valence-corrected chi connectivity index (χ4v) is 1.91. The summed E-state index contributed by atoms with van der Waals surface area (Å²) in [4.78, 5) is 20.1. The SMILES string of the molecule is CC(C)c1ccc(C(C#N)C(=O)c2ncccn2)cc1. The molecular weight excluding hydrogens is 250 g/mol. The first-order valence-electron chi connectivity index (χ1n) is 6.44. The van der Waals surface area contributed by atoms with Gasteiger partial charge in [-0.1, -0.05) is 38.1 Å². The molecule has 0 spiro atoms. The summed E-state index contributed by atoms with van der Waals surface area (Å²) in [7, 11) is 0. The Morgan fingerprint density at radius 2 is 1.65 bits per heavy atom. The van der Waals surface area contributed by atoms with Crippen LogP contribution in [0.1, 0.15) is 47.4 Å². The van der Waals surface area contributed by atoms with Crippen LogP contribution in [0.2, 0.25) is 0 Å². The van der Waals surface area contributed by atoms with Crippen LogP contribution < -0.4 is 0 Å². The minimum Gasteiger partial charge on any atom is -0.289 e. The number of hydrogen-bond acceptors (Lipinski definition) is 4. The molecule has 4 nitrogen and oxygen atoms in total. The molecule has 0 amide bonds. The number of ketones is 1. The van der Waals surface area contributed by atoms with Gasteiger partial charge in [-0.05, 0) is 23.1 Å². The van der Waals surface area contributed by atoms with Crippen LogP contribution in [0.4, 0.5) is 0 Å². The van der Waals surface area contributed by atoms with Gasteiger partial charge in [0.1, 0.15) is 5.92 Å². The van der Waals surface area contributed by atoms with E-state index >= 15 is 0 Å². The van der Waals surface area contributed by atoms with Crippen molar-refractivity contribution < 1.29 is 4.79 Å². The number of hydrogen-bond donors (Lipinski definition) is 0. The van der Waals surface area contributed by atoms with Crippen molar-refractivity contribution in [3.8, 4) is 6.07 Å². The molecular formula is C16H15N3O. The van der Waals surface area contributed by atoms with E-state index in [1.54, 1.807) is 6.07 Å². The van der Waals surface area contributed by atoms with E-state index in [4.69, 9.17) is 0 Å².